The van der Waals surface area contributed by atoms with Crippen LogP contribution in [0.3, 0.4) is 0 Å². The maximum Gasteiger partial charge on any atom is 0.258 e. The van der Waals surface area contributed by atoms with Crippen LogP contribution in [-0.4, -0.2) is 28.7 Å². The van der Waals surface area contributed by atoms with Crippen molar-refractivity contribution in [2.75, 3.05) is 6.61 Å². The summed E-state index contributed by atoms with van der Waals surface area (Å²) in [4.78, 5) is 24.9. The lowest BCUT2D eigenvalue weighted by atomic mass is 9.93. The van der Waals surface area contributed by atoms with Gasteiger partial charge < -0.3 is 14.6 Å². The second-order valence-corrected chi connectivity index (χ2v) is 6.78. The summed E-state index contributed by atoms with van der Waals surface area (Å²) in [5, 5.41) is 4.35. The third kappa shape index (κ3) is 3.15. The van der Waals surface area contributed by atoms with Crippen LogP contribution in [-0.2, 0) is 11.8 Å². The molecule has 1 saturated heterocycles. The third-order valence-corrected chi connectivity index (χ3v) is 4.37. The van der Waals surface area contributed by atoms with Gasteiger partial charge in [-0.15, -0.1) is 0 Å². The van der Waals surface area contributed by atoms with Crippen molar-refractivity contribution in [3.05, 3.63) is 46.4 Å². The maximum absolute atomic E-state index is 12.7. The number of amides is 1. The molecule has 0 unspecified atom stereocenters. The maximum atomic E-state index is 12.7. The van der Waals surface area contributed by atoms with E-state index in [1.165, 1.54) is 4.57 Å². The van der Waals surface area contributed by atoms with Crippen molar-refractivity contribution in [3.63, 3.8) is 0 Å². The summed E-state index contributed by atoms with van der Waals surface area (Å²) in [5.74, 6) is -0.139. The molecule has 5 heteroatoms. The summed E-state index contributed by atoms with van der Waals surface area (Å²) in [6.45, 7) is 4.71. The van der Waals surface area contributed by atoms with Gasteiger partial charge in [0.25, 0.3) is 11.5 Å². The number of ether oxygens (including phenoxy) is 1. The fourth-order valence-corrected chi connectivity index (χ4v) is 3.22. The number of aromatic nitrogens is 1. The fourth-order valence-electron chi connectivity index (χ4n) is 3.22. The first kappa shape index (κ1) is 15.7. The van der Waals surface area contributed by atoms with E-state index >= 15 is 0 Å². The van der Waals surface area contributed by atoms with Crippen LogP contribution in [0.5, 0.6) is 0 Å². The number of carbonyl (C=O) groups excluding carboxylic acids is 1. The minimum Gasteiger partial charge on any atom is -0.375 e. The van der Waals surface area contributed by atoms with Crippen LogP contribution in [0.25, 0.3) is 10.8 Å². The van der Waals surface area contributed by atoms with Crippen LogP contribution in [0.4, 0.5) is 0 Å². The number of pyridine rings is 1. The van der Waals surface area contributed by atoms with E-state index in [1.54, 1.807) is 19.3 Å². The first-order chi connectivity index (χ1) is 10.9. The van der Waals surface area contributed by atoms with Gasteiger partial charge in [0.1, 0.15) is 0 Å². The zero-order valence-electron chi connectivity index (χ0n) is 13.8. The number of aryl methyl sites for hydroxylation is 1. The van der Waals surface area contributed by atoms with E-state index in [0.29, 0.717) is 22.9 Å². The molecule has 1 N–H and O–H groups in total. The van der Waals surface area contributed by atoms with E-state index in [2.05, 4.69) is 5.32 Å². The predicted octanol–water partition coefficient (Wildman–Crippen LogP) is 2.23. The second-order valence-electron chi connectivity index (χ2n) is 6.78. The second kappa shape index (κ2) is 5.81. The third-order valence-electron chi connectivity index (χ3n) is 4.37. The SMILES string of the molecule is Cn1cc(C(=O)N[C@H]2CCOC(C)(C)C2)c2ccccc2c1=O. The summed E-state index contributed by atoms with van der Waals surface area (Å²) in [6, 6.07) is 7.32. The molecule has 1 atom stereocenters. The van der Waals surface area contributed by atoms with Crippen LogP contribution >= 0.6 is 0 Å². The summed E-state index contributed by atoms with van der Waals surface area (Å²) >= 11 is 0. The lowest BCUT2D eigenvalue weighted by molar-refractivity contribution is -0.0615. The largest absolute Gasteiger partial charge is 0.375 e. The Kier molecular flexibility index (Phi) is 3.98. The lowest BCUT2D eigenvalue weighted by Gasteiger charge is -2.35. The number of carbonyl (C=O) groups is 1. The van der Waals surface area contributed by atoms with Crippen molar-refractivity contribution in [3.8, 4) is 0 Å². The normalized spacial score (nSPS) is 20.4. The fraction of sp³-hybridized carbons (Fsp3) is 0.444. The van der Waals surface area contributed by atoms with Crippen molar-refractivity contribution in [2.24, 2.45) is 7.05 Å². The van der Waals surface area contributed by atoms with Crippen molar-refractivity contribution in [1.29, 1.82) is 0 Å². The number of fused-ring (bicyclic) bond motifs is 1. The highest BCUT2D eigenvalue weighted by atomic mass is 16.5. The lowest BCUT2D eigenvalue weighted by Crippen LogP contribution is -2.46. The summed E-state index contributed by atoms with van der Waals surface area (Å²) in [5.41, 5.74) is 0.221. The zero-order chi connectivity index (χ0) is 16.6. The minimum absolute atomic E-state index is 0.0854. The molecule has 0 spiro atoms. The highest BCUT2D eigenvalue weighted by Crippen LogP contribution is 2.24. The molecule has 1 aliphatic rings. The molecule has 1 aromatic heterocycles. The van der Waals surface area contributed by atoms with Gasteiger partial charge in [-0.25, -0.2) is 0 Å². The average molecular weight is 314 g/mol. The Hall–Kier alpha value is -2.14. The molecule has 1 fully saturated rings. The van der Waals surface area contributed by atoms with E-state index in [-0.39, 0.29) is 23.1 Å². The first-order valence-electron chi connectivity index (χ1n) is 7.90. The Bertz CT molecular complexity index is 808. The Labute approximate surface area is 135 Å². The molecule has 1 amide bonds. The van der Waals surface area contributed by atoms with Crippen molar-refractivity contribution >= 4 is 16.7 Å². The van der Waals surface area contributed by atoms with Crippen molar-refractivity contribution < 1.29 is 9.53 Å². The quantitative estimate of drug-likeness (QED) is 0.924. The Balaban J connectivity index is 1.93. The highest BCUT2D eigenvalue weighted by Gasteiger charge is 2.30. The average Bonchev–Trinajstić information content (AvgIpc) is 2.50. The van der Waals surface area contributed by atoms with Gasteiger partial charge in [0.2, 0.25) is 0 Å². The van der Waals surface area contributed by atoms with E-state index in [1.807, 2.05) is 32.0 Å². The molecule has 2 aromatic rings. The molecule has 0 aliphatic carbocycles. The van der Waals surface area contributed by atoms with Gasteiger partial charge >= 0.3 is 0 Å². The monoisotopic (exact) mass is 314 g/mol. The number of rotatable bonds is 2. The number of nitrogens with zero attached hydrogens (tertiary/aromatic N) is 1. The molecule has 0 radical (unpaired) electrons. The standard InChI is InChI=1S/C18H22N2O3/c1-18(2)10-12(8-9-23-18)19-16(21)15-11-20(3)17(22)14-7-5-4-6-13(14)15/h4-7,11-12H,8-10H2,1-3H3,(H,19,21)/t12-/m0/s1. The van der Waals surface area contributed by atoms with Crippen molar-refractivity contribution in [1.82, 2.24) is 9.88 Å². The molecule has 1 aromatic carbocycles. The van der Waals surface area contributed by atoms with Crippen LogP contribution in [0.15, 0.2) is 35.3 Å². The molecule has 1 aliphatic heterocycles. The Morgan fingerprint density at radius 2 is 2.00 bits per heavy atom. The minimum atomic E-state index is -0.220. The van der Waals surface area contributed by atoms with Crippen LogP contribution in [0, 0.1) is 0 Å². The number of benzene rings is 1. The number of hydrogen-bond donors (Lipinski definition) is 1. The van der Waals surface area contributed by atoms with Gasteiger partial charge in [-0.1, -0.05) is 18.2 Å². The first-order valence-corrected chi connectivity index (χ1v) is 7.90. The predicted molar refractivity (Wildman–Crippen MR) is 89.7 cm³/mol. The van der Waals surface area contributed by atoms with Crippen molar-refractivity contribution in [2.45, 2.75) is 38.3 Å². The summed E-state index contributed by atoms with van der Waals surface area (Å²) in [7, 11) is 1.67. The van der Waals surface area contributed by atoms with Gasteiger partial charge in [0.05, 0.1) is 11.2 Å². The molecule has 122 valence electrons. The van der Waals surface area contributed by atoms with Crippen LogP contribution in [0.2, 0.25) is 0 Å². The number of hydrogen-bond acceptors (Lipinski definition) is 3. The molecule has 2 heterocycles. The molecule has 23 heavy (non-hydrogen) atoms. The van der Waals surface area contributed by atoms with Gasteiger partial charge in [0.15, 0.2) is 0 Å². The molecule has 5 nitrogen and oxygen atoms in total. The zero-order valence-corrected chi connectivity index (χ0v) is 13.8. The van der Waals surface area contributed by atoms with Crippen LogP contribution in [0.1, 0.15) is 37.0 Å². The molecule has 0 saturated carbocycles. The van der Waals surface area contributed by atoms with E-state index < -0.39 is 0 Å². The molecule has 0 bridgehead atoms. The molecular formula is C18H22N2O3. The number of nitrogens with one attached hydrogen (secondary N) is 1. The van der Waals surface area contributed by atoms with Gasteiger partial charge in [-0.05, 0) is 32.8 Å². The van der Waals surface area contributed by atoms with Gasteiger partial charge in [0, 0.05) is 36.7 Å². The van der Waals surface area contributed by atoms with Gasteiger partial charge in [-0.2, -0.15) is 0 Å². The van der Waals surface area contributed by atoms with Crippen LogP contribution < -0.4 is 10.9 Å². The van der Waals surface area contributed by atoms with E-state index in [9.17, 15) is 9.59 Å². The smallest absolute Gasteiger partial charge is 0.258 e. The summed E-state index contributed by atoms with van der Waals surface area (Å²) in [6.07, 6.45) is 3.20. The Morgan fingerprint density at radius 1 is 1.30 bits per heavy atom. The summed E-state index contributed by atoms with van der Waals surface area (Å²) < 4.78 is 7.15. The molecule has 3 rings (SSSR count). The molecular weight excluding hydrogens is 292 g/mol. The van der Waals surface area contributed by atoms with Gasteiger partial charge in [-0.3, -0.25) is 9.59 Å². The highest BCUT2D eigenvalue weighted by molar-refractivity contribution is 6.06. The van der Waals surface area contributed by atoms with E-state index in [0.717, 1.165) is 12.8 Å². The topological polar surface area (TPSA) is 60.3 Å². The van der Waals surface area contributed by atoms with E-state index in [4.69, 9.17) is 4.74 Å². The Morgan fingerprint density at radius 3 is 2.70 bits per heavy atom.